The molecule has 1 atom stereocenters. The highest BCUT2D eigenvalue weighted by Gasteiger charge is 2.22. The van der Waals surface area contributed by atoms with Crippen LogP contribution in [0.1, 0.15) is 11.6 Å². The highest BCUT2D eigenvalue weighted by Crippen LogP contribution is 2.39. The Morgan fingerprint density at radius 2 is 2.38 bits per heavy atom. The van der Waals surface area contributed by atoms with Gasteiger partial charge in [0.2, 0.25) is 0 Å². The van der Waals surface area contributed by atoms with Crippen LogP contribution in [-0.2, 0) is 0 Å². The van der Waals surface area contributed by atoms with Crippen LogP contribution in [0.4, 0.5) is 0 Å². The summed E-state index contributed by atoms with van der Waals surface area (Å²) in [6, 6.07) is 3.09. The first-order valence-corrected chi connectivity index (χ1v) is 4.01. The second-order valence-corrected chi connectivity index (χ2v) is 2.98. The highest BCUT2D eigenvalue weighted by atomic mass is 16.5. The van der Waals surface area contributed by atoms with E-state index in [0.29, 0.717) is 18.1 Å². The zero-order valence-corrected chi connectivity index (χ0v) is 7.28. The Bertz CT molecular complexity index is 338. The lowest BCUT2D eigenvalue weighted by Gasteiger charge is -2.06. The van der Waals surface area contributed by atoms with E-state index in [-0.39, 0.29) is 11.8 Å². The van der Waals surface area contributed by atoms with Crippen molar-refractivity contribution >= 4 is 0 Å². The van der Waals surface area contributed by atoms with Gasteiger partial charge >= 0.3 is 0 Å². The number of fused-ring (bicyclic) bond motifs is 1. The van der Waals surface area contributed by atoms with Gasteiger partial charge in [-0.25, -0.2) is 0 Å². The standard InChI is InChI=1S/C9H11NO3/c1-12-9-3-8-5(2-7(9)11)6(10)4-13-8/h2-3,6,11H,4,10H2,1H3. The Hall–Kier alpha value is -1.42. The molecule has 0 fully saturated rings. The predicted octanol–water partition coefficient (Wildman–Crippen LogP) is 0.793. The topological polar surface area (TPSA) is 64.7 Å². The van der Waals surface area contributed by atoms with Crippen molar-refractivity contribution in [3.05, 3.63) is 17.7 Å². The monoisotopic (exact) mass is 181 g/mol. The van der Waals surface area contributed by atoms with Gasteiger partial charge in [-0.2, -0.15) is 0 Å². The molecule has 0 bridgehead atoms. The fourth-order valence-electron chi connectivity index (χ4n) is 1.41. The van der Waals surface area contributed by atoms with Crippen LogP contribution in [0.2, 0.25) is 0 Å². The van der Waals surface area contributed by atoms with Crippen molar-refractivity contribution in [2.75, 3.05) is 13.7 Å². The summed E-state index contributed by atoms with van der Waals surface area (Å²) in [5, 5.41) is 9.46. The molecule has 0 radical (unpaired) electrons. The van der Waals surface area contributed by atoms with E-state index in [1.165, 1.54) is 7.11 Å². The van der Waals surface area contributed by atoms with Gasteiger partial charge < -0.3 is 20.3 Å². The lowest BCUT2D eigenvalue weighted by molar-refractivity contribution is 0.329. The third-order valence-corrected chi connectivity index (χ3v) is 2.13. The maximum absolute atomic E-state index is 9.46. The van der Waals surface area contributed by atoms with Gasteiger partial charge in [-0.3, -0.25) is 0 Å². The van der Waals surface area contributed by atoms with Crippen LogP contribution in [-0.4, -0.2) is 18.8 Å². The zero-order valence-electron chi connectivity index (χ0n) is 7.28. The number of hydrogen-bond acceptors (Lipinski definition) is 4. The minimum Gasteiger partial charge on any atom is -0.504 e. The molecule has 1 heterocycles. The van der Waals surface area contributed by atoms with Gasteiger partial charge in [0.05, 0.1) is 13.2 Å². The Morgan fingerprint density at radius 3 is 3.08 bits per heavy atom. The largest absolute Gasteiger partial charge is 0.504 e. The molecule has 2 rings (SSSR count). The van der Waals surface area contributed by atoms with Crippen molar-refractivity contribution in [1.29, 1.82) is 0 Å². The molecule has 1 aromatic rings. The number of nitrogens with two attached hydrogens (primary N) is 1. The number of ether oxygens (including phenoxy) is 2. The number of rotatable bonds is 1. The number of methoxy groups -OCH3 is 1. The van der Waals surface area contributed by atoms with Crippen LogP contribution in [0.3, 0.4) is 0 Å². The van der Waals surface area contributed by atoms with Crippen LogP contribution in [0.25, 0.3) is 0 Å². The first-order valence-electron chi connectivity index (χ1n) is 4.01. The van der Waals surface area contributed by atoms with E-state index < -0.39 is 0 Å². The van der Waals surface area contributed by atoms with Crippen molar-refractivity contribution in [2.24, 2.45) is 5.73 Å². The lowest BCUT2D eigenvalue weighted by Crippen LogP contribution is -2.10. The van der Waals surface area contributed by atoms with Crippen molar-refractivity contribution in [3.63, 3.8) is 0 Å². The molecule has 0 spiro atoms. The zero-order chi connectivity index (χ0) is 9.42. The molecule has 0 saturated heterocycles. The average Bonchev–Trinajstić information content (AvgIpc) is 2.47. The van der Waals surface area contributed by atoms with Gasteiger partial charge in [0.1, 0.15) is 12.4 Å². The number of benzene rings is 1. The van der Waals surface area contributed by atoms with Crippen molar-refractivity contribution < 1.29 is 14.6 Å². The molecule has 13 heavy (non-hydrogen) atoms. The summed E-state index contributed by atoms with van der Waals surface area (Å²) in [7, 11) is 1.50. The molecule has 4 heteroatoms. The lowest BCUT2D eigenvalue weighted by atomic mass is 10.1. The molecule has 0 aliphatic carbocycles. The van der Waals surface area contributed by atoms with Crippen LogP contribution in [0.15, 0.2) is 12.1 Å². The van der Waals surface area contributed by atoms with Crippen molar-refractivity contribution in [1.82, 2.24) is 0 Å². The molecule has 1 unspecified atom stereocenters. The third kappa shape index (κ3) is 1.19. The van der Waals surface area contributed by atoms with Crippen LogP contribution in [0, 0.1) is 0 Å². The summed E-state index contributed by atoms with van der Waals surface area (Å²) in [6.07, 6.45) is 0. The minimum absolute atomic E-state index is 0.0993. The van der Waals surface area contributed by atoms with E-state index >= 15 is 0 Å². The number of hydrogen-bond donors (Lipinski definition) is 2. The first-order chi connectivity index (χ1) is 6.22. The van der Waals surface area contributed by atoms with E-state index in [9.17, 15) is 5.11 Å². The summed E-state index contributed by atoms with van der Waals surface area (Å²) >= 11 is 0. The summed E-state index contributed by atoms with van der Waals surface area (Å²) in [4.78, 5) is 0. The van der Waals surface area contributed by atoms with Gasteiger partial charge in [-0.1, -0.05) is 0 Å². The second-order valence-electron chi connectivity index (χ2n) is 2.98. The van der Waals surface area contributed by atoms with E-state index in [4.69, 9.17) is 15.2 Å². The van der Waals surface area contributed by atoms with E-state index in [1.54, 1.807) is 12.1 Å². The average molecular weight is 181 g/mol. The fraction of sp³-hybridized carbons (Fsp3) is 0.333. The third-order valence-electron chi connectivity index (χ3n) is 2.13. The Balaban J connectivity index is 2.50. The Kier molecular flexibility index (Phi) is 1.77. The van der Waals surface area contributed by atoms with Gasteiger partial charge in [-0.15, -0.1) is 0 Å². The van der Waals surface area contributed by atoms with Crippen molar-refractivity contribution in [2.45, 2.75) is 6.04 Å². The molecular weight excluding hydrogens is 170 g/mol. The van der Waals surface area contributed by atoms with E-state index in [2.05, 4.69) is 0 Å². The maximum atomic E-state index is 9.46. The molecule has 1 aromatic carbocycles. The van der Waals surface area contributed by atoms with Crippen molar-refractivity contribution in [3.8, 4) is 17.2 Å². The molecule has 1 aliphatic heterocycles. The number of phenols is 1. The van der Waals surface area contributed by atoms with Crippen LogP contribution in [0.5, 0.6) is 17.2 Å². The Labute approximate surface area is 75.9 Å². The molecule has 3 N–H and O–H groups in total. The highest BCUT2D eigenvalue weighted by molar-refractivity contribution is 5.52. The van der Waals surface area contributed by atoms with Gasteiger partial charge in [0.25, 0.3) is 0 Å². The summed E-state index contributed by atoms with van der Waals surface area (Å²) in [5.74, 6) is 1.21. The molecule has 0 saturated carbocycles. The first kappa shape index (κ1) is 8.19. The molecule has 4 nitrogen and oxygen atoms in total. The van der Waals surface area contributed by atoms with Gasteiger partial charge in [0.15, 0.2) is 11.5 Å². The molecule has 0 amide bonds. The molecule has 0 aromatic heterocycles. The SMILES string of the molecule is COc1cc2c(cc1O)C(N)CO2. The normalized spacial score (nSPS) is 19.4. The fourth-order valence-corrected chi connectivity index (χ4v) is 1.41. The second kappa shape index (κ2) is 2.81. The molecule has 1 aliphatic rings. The quantitative estimate of drug-likeness (QED) is 0.672. The van der Waals surface area contributed by atoms with E-state index in [0.717, 1.165) is 5.56 Å². The summed E-state index contributed by atoms with van der Waals surface area (Å²) in [6.45, 7) is 0.460. The van der Waals surface area contributed by atoms with Gasteiger partial charge in [-0.05, 0) is 6.07 Å². The Morgan fingerprint density at radius 1 is 1.62 bits per heavy atom. The van der Waals surface area contributed by atoms with E-state index in [1.807, 2.05) is 0 Å². The maximum Gasteiger partial charge on any atom is 0.164 e. The molecular formula is C9H11NO3. The predicted molar refractivity (Wildman–Crippen MR) is 47.1 cm³/mol. The smallest absolute Gasteiger partial charge is 0.164 e. The summed E-state index contributed by atoms with van der Waals surface area (Å²) in [5.41, 5.74) is 6.56. The van der Waals surface area contributed by atoms with Crippen LogP contribution < -0.4 is 15.2 Å². The van der Waals surface area contributed by atoms with Gasteiger partial charge in [0, 0.05) is 11.6 Å². The number of phenolic OH excluding ortho intramolecular Hbond substituents is 1. The molecule has 70 valence electrons. The van der Waals surface area contributed by atoms with Crippen LogP contribution >= 0.6 is 0 Å². The number of aromatic hydroxyl groups is 1. The summed E-state index contributed by atoms with van der Waals surface area (Å²) < 4.78 is 10.2. The minimum atomic E-state index is -0.146.